The van der Waals surface area contributed by atoms with Crippen LogP contribution < -0.4 is 11.3 Å². The normalized spacial score (nSPS) is 9.75. The molecule has 0 atom stereocenters. The van der Waals surface area contributed by atoms with Gasteiger partial charge in [0.1, 0.15) is 0 Å². The Balaban J connectivity index is 2.15. The molecule has 6 heteroatoms. The van der Waals surface area contributed by atoms with E-state index >= 15 is 0 Å². The van der Waals surface area contributed by atoms with Crippen molar-refractivity contribution >= 4 is 5.91 Å². The SMILES string of the molecule is NNC(=O)CCCc1cn[nH]n1. The summed E-state index contributed by atoms with van der Waals surface area (Å²) in [7, 11) is 0. The number of nitrogens with two attached hydrogens (primary N) is 1. The molecule has 0 aliphatic heterocycles. The number of hydrogen-bond acceptors (Lipinski definition) is 4. The van der Waals surface area contributed by atoms with Gasteiger partial charge >= 0.3 is 0 Å². The molecule has 0 bridgehead atoms. The van der Waals surface area contributed by atoms with Crippen LogP contribution in [0.4, 0.5) is 0 Å². The minimum Gasteiger partial charge on any atom is -0.294 e. The lowest BCUT2D eigenvalue weighted by Crippen LogP contribution is -2.29. The van der Waals surface area contributed by atoms with E-state index in [1.54, 1.807) is 6.20 Å². The number of hydrazine groups is 1. The van der Waals surface area contributed by atoms with Crippen LogP contribution in [0.15, 0.2) is 6.20 Å². The van der Waals surface area contributed by atoms with Crippen molar-refractivity contribution in [2.24, 2.45) is 5.84 Å². The third-order valence-electron chi connectivity index (χ3n) is 1.46. The van der Waals surface area contributed by atoms with E-state index in [9.17, 15) is 4.79 Å². The Bertz CT molecular complexity index is 232. The molecule has 0 aromatic carbocycles. The highest BCUT2D eigenvalue weighted by atomic mass is 16.2. The Labute approximate surface area is 69.5 Å². The molecule has 12 heavy (non-hydrogen) atoms. The summed E-state index contributed by atoms with van der Waals surface area (Å²) in [6, 6.07) is 0. The third-order valence-corrected chi connectivity index (χ3v) is 1.46. The van der Waals surface area contributed by atoms with Gasteiger partial charge < -0.3 is 0 Å². The number of carbonyl (C=O) groups is 1. The van der Waals surface area contributed by atoms with Crippen LogP contribution in [0.25, 0.3) is 0 Å². The van der Waals surface area contributed by atoms with Crippen LogP contribution in [-0.4, -0.2) is 21.3 Å². The maximum Gasteiger partial charge on any atom is 0.233 e. The van der Waals surface area contributed by atoms with Gasteiger partial charge in [-0.15, -0.1) is 0 Å². The average Bonchev–Trinajstić information content (AvgIpc) is 2.57. The number of hydrogen-bond donors (Lipinski definition) is 3. The molecule has 1 aromatic heterocycles. The number of nitrogens with one attached hydrogen (secondary N) is 2. The predicted molar refractivity (Wildman–Crippen MR) is 41.7 cm³/mol. The molecule has 0 radical (unpaired) electrons. The number of amides is 1. The number of aryl methyl sites for hydroxylation is 1. The van der Waals surface area contributed by atoms with Crippen molar-refractivity contribution in [3.63, 3.8) is 0 Å². The molecule has 66 valence electrons. The smallest absolute Gasteiger partial charge is 0.233 e. The molecule has 0 fully saturated rings. The van der Waals surface area contributed by atoms with Gasteiger partial charge in [0.05, 0.1) is 11.9 Å². The molecule has 6 nitrogen and oxygen atoms in total. The van der Waals surface area contributed by atoms with Gasteiger partial charge in [-0.3, -0.25) is 10.2 Å². The van der Waals surface area contributed by atoms with E-state index in [4.69, 9.17) is 5.84 Å². The van der Waals surface area contributed by atoms with E-state index in [-0.39, 0.29) is 5.91 Å². The second-order valence-corrected chi connectivity index (χ2v) is 2.38. The van der Waals surface area contributed by atoms with Crippen molar-refractivity contribution in [3.8, 4) is 0 Å². The molecule has 0 aliphatic rings. The molecule has 1 rings (SSSR count). The minimum atomic E-state index is -0.154. The van der Waals surface area contributed by atoms with E-state index in [1.807, 2.05) is 0 Å². The Morgan fingerprint density at radius 1 is 1.75 bits per heavy atom. The van der Waals surface area contributed by atoms with Gasteiger partial charge in [0.2, 0.25) is 5.91 Å². The first-order chi connectivity index (χ1) is 5.83. The fourth-order valence-electron chi connectivity index (χ4n) is 0.848. The summed E-state index contributed by atoms with van der Waals surface area (Å²) in [6.07, 6.45) is 3.53. The third kappa shape index (κ3) is 2.67. The fraction of sp³-hybridized carbons (Fsp3) is 0.500. The van der Waals surface area contributed by atoms with Gasteiger partial charge in [-0.05, 0) is 12.8 Å². The summed E-state index contributed by atoms with van der Waals surface area (Å²) in [5.74, 6) is 4.74. The average molecular weight is 169 g/mol. The molecule has 1 aromatic rings. The Kier molecular flexibility index (Phi) is 3.21. The van der Waals surface area contributed by atoms with Crippen LogP contribution in [-0.2, 0) is 11.2 Å². The van der Waals surface area contributed by atoms with Gasteiger partial charge in [0.25, 0.3) is 0 Å². The zero-order valence-electron chi connectivity index (χ0n) is 6.58. The Morgan fingerprint density at radius 2 is 2.58 bits per heavy atom. The zero-order valence-corrected chi connectivity index (χ0v) is 6.58. The highest BCUT2D eigenvalue weighted by Crippen LogP contribution is 1.98. The largest absolute Gasteiger partial charge is 0.294 e. The summed E-state index contributed by atoms with van der Waals surface area (Å²) >= 11 is 0. The van der Waals surface area contributed by atoms with E-state index in [2.05, 4.69) is 20.8 Å². The van der Waals surface area contributed by atoms with Crippen molar-refractivity contribution < 1.29 is 4.79 Å². The number of H-pyrrole nitrogens is 1. The molecule has 0 aliphatic carbocycles. The summed E-state index contributed by atoms with van der Waals surface area (Å²) in [5.41, 5.74) is 2.92. The van der Waals surface area contributed by atoms with Crippen LogP contribution in [0.2, 0.25) is 0 Å². The topological polar surface area (TPSA) is 96.7 Å². The number of carbonyl (C=O) groups excluding carboxylic acids is 1. The monoisotopic (exact) mass is 169 g/mol. The molecule has 1 heterocycles. The maximum absolute atomic E-state index is 10.7. The molecule has 0 saturated carbocycles. The van der Waals surface area contributed by atoms with Gasteiger partial charge in [-0.2, -0.15) is 15.4 Å². The lowest BCUT2D eigenvalue weighted by molar-refractivity contribution is -0.121. The molecule has 4 N–H and O–H groups in total. The van der Waals surface area contributed by atoms with Gasteiger partial charge in [0, 0.05) is 6.42 Å². The highest BCUT2D eigenvalue weighted by molar-refractivity contribution is 5.75. The second kappa shape index (κ2) is 4.45. The van der Waals surface area contributed by atoms with Crippen molar-refractivity contribution in [1.82, 2.24) is 20.8 Å². The van der Waals surface area contributed by atoms with E-state index in [1.165, 1.54) is 0 Å². The molecule has 0 spiro atoms. The number of aromatic nitrogens is 3. The van der Waals surface area contributed by atoms with Crippen molar-refractivity contribution in [2.45, 2.75) is 19.3 Å². The van der Waals surface area contributed by atoms with Crippen LogP contribution in [0, 0.1) is 0 Å². The minimum absolute atomic E-state index is 0.154. The second-order valence-electron chi connectivity index (χ2n) is 2.38. The summed E-state index contributed by atoms with van der Waals surface area (Å²) in [6.45, 7) is 0. The molecule has 1 amide bonds. The van der Waals surface area contributed by atoms with Crippen molar-refractivity contribution in [1.29, 1.82) is 0 Å². The zero-order chi connectivity index (χ0) is 8.81. The van der Waals surface area contributed by atoms with Crippen LogP contribution in [0.1, 0.15) is 18.5 Å². The van der Waals surface area contributed by atoms with Crippen LogP contribution in [0.5, 0.6) is 0 Å². The Morgan fingerprint density at radius 3 is 3.17 bits per heavy atom. The lowest BCUT2D eigenvalue weighted by Gasteiger charge is -1.96. The van der Waals surface area contributed by atoms with Gasteiger partial charge in [-0.1, -0.05) is 0 Å². The van der Waals surface area contributed by atoms with E-state index in [0.29, 0.717) is 6.42 Å². The van der Waals surface area contributed by atoms with Crippen molar-refractivity contribution in [2.75, 3.05) is 0 Å². The number of aromatic amines is 1. The highest BCUT2D eigenvalue weighted by Gasteiger charge is 1.99. The summed E-state index contributed by atoms with van der Waals surface area (Å²) < 4.78 is 0. The fourth-order valence-corrected chi connectivity index (χ4v) is 0.848. The molecular weight excluding hydrogens is 158 g/mol. The maximum atomic E-state index is 10.7. The summed E-state index contributed by atoms with van der Waals surface area (Å²) in [5, 5.41) is 9.98. The number of rotatable bonds is 4. The van der Waals surface area contributed by atoms with Gasteiger partial charge in [-0.25, -0.2) is 5.84 Å². The Hall–Kier alpha value is -1.43. The first-order valence-corrected chi connectivity index (χ1v) is 3.67. The van der Waals surface area contributed by atoms with Crippen LogP contribution in [0.3, 0.4) is 0 Å². The van der Waals surface area contributed by atoms with Gasteiger partial charge in [0.15, 0.2) is 0 Å². The first kappa shape index (κ1) is 8.66. The first-order valence-electron chi connectivity index (χ1n) is 3.67. The van der Waals surface area contributed by atoms with E-state index in [0.717, 1.165) is 18.5 Å². The van der Waals surface area contributed by atoms with E-state index < -0.39 is 0 Å². The molecule has 0 saturated heterocycles. The van der Waals surface area contributed by atoms with Crippen LogP contribution >= 0.6 is 0 Å². The summed E-state index contributed by atoms with van der Waals surface area (Å²) in [4.78, 5) is 10.7. The number of nitrogens with zero attached hydrogens (tertiary/aromatic N) is 2. The molecule has 0 unspecified atom stereocenters. The lowest BCUT2D eigenvalue weighted by atomic mass is 10.2. The quantitative estimate of drug-likeness (QED) is 0.309. The van der Waals surface area contributed by atoms with Crippen molar-refractivity contribution in [3.05, 3.63) is 11.9 Å². The standard InChI is InChI=1S/C6H11N5O/c7-9-6(12)3-1-2-5-4-8-11-10-5/h4H,1-3,7H2,(H,9,12)(H,8,10,11). The predicted octanol–water partition coefficient (Wildman–Crippen LogP) is -0.883. The molecular formula is C6H11N5O.